The van der Waals surface area contributed by atoms with Gasteiger partial charge in [0.25, 0.3) is 8.32 Å². The van der Waals surface area contributed by atoms with Crippen LogP contribution < -0.4 is 15.1 Å². The van der Waals surface area contributed by atoms with Gasteiger partial charge in [0.2, 0.25) is 11.8 Å². The molecule has 3 heterocycles. The number of benzene rings is 4. The zero-order chi connectivity index (χ0) is 42.9. The molecule has 1 aromatic heterocycles. The lowest BCUT2D eigenvalue weighted by Crippen LogP contribution is -2.66. The predicted molar refractivity (Wildman–Crippen MR) is 254 cm³/mol. The van der Waals surface area contributed by atoms with E-state index in [-0.39, 0.29) is 42.1 Å². The van der Waals surface area contributed by atoms with Crippen LogP contribution >= 0.6 is 33.9 Å². The summed E-state index contributed by atoms with van der Waals surface area (Å²) in [7, 11) is -2.58. The van der Waals surface area contributed by atoms with Crippen molar-refractivity contribution < 1.29 is 33.5 Å². The third kappa shape index (κ3) is 8.59. The number of likely N-dealkylation sites (tertiary alicyclic amines) is 1. The topological polar surface area (TPSA) is 106 Å². The molecule has 2 fully saturated rings. The zero-order valence-corrected chi connectivity index (χ0v) is 38.9. The summed E-state index contributed by atoms with van der Waals surface area (Å²) in [5.74, 6) is -1.40. The molecule has 2 amide bonds. The molecule has 0 saturated carbocycles. The van der Waals surface area contributed by atoms with Crippen LogP contribution in [-0.4, -0.2) is 62.1 Å². The number of thiophene rings is 1. The molecule has 0 radical (unpaired) electrons. The highest BCUT2D eigenvalue weighted by Crippen LogP contribution is 2.52. The van der Waals surface area contributed by atoms with Crippen LogP contribution in [0.25, 0.3) is 11.6 Å². The van der Waals surface area contributed by atoms with Crippen molar-refractivity contribution in [1.82, 2.24) is 4.90 Å². The molecule has 4 aromatic carbocycles. The minimum atomic E-state index is -3.01. The first-order valence-electron chi connectivity index (χ1n) is 20.9. The van der Waals surface area contributed by atoms with Gasteiger partial charge in [-0.05, 0) is 121 Å². The number of imide groups is 1. The van der Waals surface area contributed by atoms with Gasteiger partial charge < -0.3 is 23.9 Å². The molecule has 4 atom stereocenters. The van der Waals surface area contributed by atoms with E-state index in [1.165, 1.54) is 16.2 Å². The maximum Gasteiger partial charge on any atom is 0.455 e. The number of amides is 2. The fraction of sp³-hybridized carbons (Fsp3) is 0.306. The van der Waals surface area contributed by atoms with Gasteiger partial charge in [-0.15, -0.1) is 11.3 Å². The number of hydrogen-bond donors (Lipinski definition) is 2. The second kappa shape index (κ2) is 18.2. The van der Waals surface area contributed by atoms with Crippen molar-refractivity contribution in [2.45, 2.75) is 64.0 Å². The van der Waals surface area contributed by atoms with Gasteiger partial charge in [0, 0.05) is 4.88 Å². The van der Waals surface area contributed by atoms with E-state index in [4.69, 9.17) is 13.8 Å². The normalized spacial score (nSPS) is 20.9. The highest BCUT2D eigenvalue weighted by molar-refractivity contribution is 14.1. The average molecular weight is 964 g/mol. The molecule has 314 valence electrons. The summed E-state index contributed by atoms with van der Waals surface area (Å²) in [5, 5.41) is 26.1. The summed E-state index contributed by atoms with van der Waals surface area (Å²) in [6, 6.07) is 38.9. The van der Waals surface area contributed by atoms with Crippen LogP contribution in [0.5, 0.6) is 11.5 Å². The van der Waals surface area contributed by atoms with Crippen molar-refractivity contribution in [3.8, 4) is 11.5 Å². The molecular formula is C49H51BINO7SSi. The number of aromatic hydroxyl groups is 1. The first kappa shape index (κ1) is 43.3. The van der Waals surface area contributed by atoms with E-state index < -0.39 is 39.3 Å². The molecule has 61 heavy (non-hydrogen) atoms. The number of phenols is 1. The Labute approximate surface area is 377 Å². The summed E-state index contributed by atoms with van der Waals surface area (Å²) >= 11 is 3.65. The van der Waals surface area contributed by atoms with Crippen molar-refractivity contribution in [3.05, 3.63) is 151 Å². The molecule has 3 aliphatic rings. The Kier molecular flexibility index (Phi) is 12.9. The molecule has 2 aliphatic heterocycles. The van der Waals surface area contributed by atoms with Crippen molar-refractivity contribution >= 4 is 83.2 Å². The van der Waals surface area contributed by atoms with Gasteiger partial charge in [-0.1, -0.05) is 124 Å². The summed E-state index contributed by atoms with van der Waals surface area (Å²) < 4.78 is 20.3. The number of hydrogen-bond acceptors (Lipinski definition) is 8. The molecule has 8 rings (SSSR count). The van der Waals surface area contributed by atoms with Gasteiger partial charge in [0.05, 0.1) is 41.8 Å². The maximum absolute atomic E-state index is 14.5. The molecule has 0 spiro atoms. The lowest BCUT2D eigenvalue weighted by atomic mass is 9.58. The number of nitrogens with zero attached hydrogens (tertiary/aromatic N) is 1. The SMILES string of the molecule is COc1cc(/C=C(/CC[C@H]2OB(O)C[C@H]3C2=C(CO[Si](c2ccccc2)(c2ccccc2)C(C)(C)C)C[C@H]2C(=O)N(Cc4cccs4)C(=O)[C@H]23)c2ccccc2)cc(I)c1O. The molecule has 5 aromatic rings. The van der Waals surface area contributed by atoms with Crippen molar-refractivity contribution in [2.24, 2.45) is 17.8 Å². The van der Waals surface area contributed by atoms with E-state index in [1.54, 1.807) is 7.11 Å². The molecule has 12 heteroatoms. The lowest BCUT2D eigenvalue weighted by Gasteiger charge is -2.46. The standard InChI is InChI=1S/C49H51BINO7SSi/c1-49(2,3)61(37-18-10-6-11-19-37,38-20-12-7-13-21-38)58-31-35-28-39-45(48(55)52(47(39)54)30-36-17-14-24-60-36)40-29-50(56)59-42(44(35)40)23-22-34(33-15-8-5-9-16-33)25-32-26-41(51)46(53)43(27-32)57-4/h5-21,24-27,39-40,42,45,53,56H,22-23,28-31H2,1-4H3/b34-25-/t39-,40+,42-,45-/m1/s1. The minimum Gasteiger partial charge on any atom is -0.504 e. The highest BCUT2D eigenvalue weighted by Gasteiger charge is 2.58. The highest BCUT2D eigenvalue weighted by atomic mass is 127. The Bertz CT molecular complexity index is 2380. The molecular weight excluding hydrogens is 912 g/mol. The van der Waals surface area contributed by atoms with Crippen LogP contribution in [0.1, 0.15) is 56.0 Å². The number of halogens is 1. The monoisotopic (exact) mass is 963 g/mol. The Morgan fingerprint density at radius 2 is 1.59 bits per heavy atom. The van der Waals surface area contributed by atoms with Crippen LogP contribution in [0.15, 0.2) is 132 Å². The van der Waals surface area contributed by atoms with Crippen LogP contribution in [0.2, 0.25) is 11.4 Å². The summed E-state index contributed by atoms with van der Waals surface area (Å²) in [4.78, 5) is 31.4. The Morgan fingerprint density at radius 1 is 0.934 bits per heavy atom. The average Bonchev–Trinajstić information content (AvgIpc) is 3.86. The van der Waals surface area contributed by atoms with Crippen LogP contribution in [-0.2, 0) is 25.2 Å². The summed E-state index contributed by atoms with van der Waals surface area (Å²) in [5.41, 5.74) is 4.92. The molecule has 2 saturated heterocycles. The smallest absolute Gasteiger partial charge is 0.455 e. The second-order valence-corrected chi connectivity index (χ2v) is 23.7. The number of carbonyl (C=O) groups is 2. The van der Waals surface area contributed by atoms with E-state index in [2.05, 4.69) is 110 Å². The molecule has 8 nitrogen and oxygen atoms in total. The third-order valence-corrected chi connectivity index (χ3v) is 19.3. The summed E-state index contributed by atoms with van der Waals surface area (Å²) in [6.07, 6.45) is 3.25. The summed E-state index contributed by atoms with van der Waals surface area (Å²) in [6.45, 7) is 7.26. The van der Waals surface area contributed by atoms with Gasteiger partial charge in [0.15, 0.2) is 11.5 Å². The van der Waals surface area contributed by atoms with Crippen LogP contribution in [0.4, 0.5) is 0 Å². The number of ether oxygens (including phenoxy) is 1. The van der Waals surface area contributed by atoms with E-state index >= 15 is 0 Å². The van der Waals surface area contributed by atoms with E-state index in [0.29, 0.717) is 28.6 Å². The van der Waals surface area contributed by atoms with Gasteiger partial charge >= 0.3 is 7.12 Å². The van der Waals surface area contributed by atoms with E-state index in [9.17, 15) is 19.7 Å². The predicted octanol–water partition coefficient (Wildman–Crippen LogP) is 8.96. The fourth-order valence-electron chi connectivity index (χ4n) is 9.91. The third-order valence-electron chi connectivity index (χ3n) is 12.6. The van der Waals surface area contributed by atoms with Crippen molar-refractivity contribution in [3.63, 3.8) is 0 Å². The first-order chi connectivity index (χ1) is 29.4. The van der Waals surface area contributed by atoms with Gasteiger partial charge in [0.1, 0.15) is 0 Å². The lowest BCUT2D eigenvalue weighted by molar-refractivity contribution is -0.140. The number of allylic oxidation sites excluding steroid dienone is 1. The number of methoxy groups -OCH3 is 1. The molecule has 0 bridgehead atoms. The van der Waals surface area contributed by atoms with E-state index in [1.807, 2.05) is 60.0 Å². The van der Waals surface area contributed by atoms with Crippen molar-refractivity contribution in [2.75, 3.05) is 13.7 Å². The molecule has 2 N–H and O–H groups in total. The first-order valence-corrected chi connectivity index (χ1v) is 24.8. The van der Waals surface area contributed by atoms with Gasteiger partial charge in [-0.3, -0.25) is 14.5 Å². The number of fused-ring (bicyclic) bond motifs is 3. The minimum absolute atomic E-state index is 0.0985. The quantitative estimate of drug-likeness (QED) is 0.0400. The van der Waals surface area contributed by atoms with Crippen LogP contribution in [0, 0.1) is 21.3 Å². The zero-order valence-electron chi connectivity index (χ0n) is 34.9. The molecule has 0 unspecified atom stereocenters. The van der Waals surface area contributed by atoms with E-state index in [0.717, 1.165) is 43.1 Å². The number of phenolic OH excluding ortho intramolecular Hbond substituents is 1. The van der Waals surface area contributed by atoms with Crippen LogP contribution in [0.3, 0.4) is 0 Å². The Morgan fingerprint density at radius 3 is 2.20 bits per heavy atom. The van der Waals surface area contributed by atoms with Gasteiger partial charge in [-0.25, -0.2) is 0 Å². The van der Waals surface area contributed by atoms with Gasteiger partial charge in [-0.2, -0.15) is 0 Å². The number of rotatable bonds is 13. The fourth-order valence-corrected chi connectivity index (χ4v) is 15.8. The van der Waals surface area contributed by atoms with Crippen molar-refractivity contribution in [1.29, 1.82) is 0 Å². The molecule has 1 aliphatic carbocycles. The second-order valence-electron chi connectivity index (χ2n) is 17.2. The maximum atomic E-state index is 14.5. The Balaban J connectivity index is 1.22. The largest absolute Gasteiger partial charge is 0.504 e. The Hall–Kier alpha value is -4.31. The number of carbonyl (C=O) groups excluding carboxylic acids is 2.